The summed E-state index contributed by atoms with van der Waals surface area (Å²) >= 11 is 1.73. The first-order valence-corrected chi connectivity index (χ1v) is 10.4. The Balaban J connectivity index is 1.62. The number of rotatable bonds is 7. The molecule has 3 heterocycles. The second-order valence-electron chi connectivity index (χ2n) is 7.55. The topological polar surface area (TPSA) is 52.6 Å². The van der Waals surface area contributed by atoms with E-state index in [2.05, 4.69) is 39.2 Å². The number of benzene rings is 1. The molecule has 1 amide bonds. The van der Waals surface area contributed by atoms with Gasteiger partial charge in [-0.1, -0.05) is 30.3 Å². The quantitative estimate of drug-likeness (QED) is 0.788. The highest BCUT2D eigenvalue weighted by atomic mass is 32.1. The molecule has 26 heavy (non-hydrogen) atoms. The van der Waals surface area contributed by atoms with Crippen molar-refractivity contribution >= 4 is 17.2 Å². The summed E-state index contributed by atoms with van der Waals surface area (Å²) < 4.78 is 0. The minimum atomic E-state index is -0.393. The molecule has 0 aliphatic carbocycles. The molecule has 2 aliphatic heterocycles. The maximum Gasteiger partial charge on any atom is 0.228 e. The molecule has 3 atom stereocenters. The van der Waals surface area contributed by atoms with Gasteiger partial charge >= 0.3 is 0 Å². The Morgan fingerprint density at radius 2 is 2.08 bits per heavy atom. The van der Waals surface area contributed by atoms with Gasteiger partial charge in [-0.3, -0.25) is 9.69 Å². The Morgan fingerprint density at radius 1 is 1.23 bits per heavy atom. The SMILES string of the molecule is O=C(NCCO)[C@]1(Cc2ccccc2)C[C@@H]2CC[C@H]1N2Cc1ccsc1. The molecular formula is C21H26N2O2S. The van der Waals surface area contributed by atoms with Crippen molar-refractivity contribution < 1.29 is 9.90 Å². The number of thiophene rings is 1. The van der Waals surface area contributed by atoms with Crippen LogP contribution in [0.3, 0.4) is 0 Å². The second-order valence-corrected chi connectivity index (χ2v) is 8.33. The summed E-state index contributed by atoms with van der Waals surface area (Å²) in [6.07, 6.45) is 3.94. The lowest BCUT2D eigenvalue weighted by molar-refractivity contribution is -0.133. The van der Waals surface area contributed by atoms with E-state index in [0.717, 1.165) is 25.8 Å². The number of aliphatic hydroxyl groups is 1. The van der Waals surface area contributed by atoms with Gasteiger partial charge < -0.3 is 10.4 Å². The Labute approximate surface area is 158 Å². The minimum absolute atomic E-state index is 0.0140. The fourth-order valence-electron chi connectivity index (χ4n) is 4.96. The van der Waals surface area contributed by atoms with Crippen molar-refractivity contribution in [3.63, 3.8) is 0 Å². The van der Waals surface area contributed by atoms with E-state index in [9.17, 15) is 4.79 Å². The van der Waals surface area contributed by atoms with Crippen LogP contribution in [0.5, 0.6) is 0 Å². The number of nitrogens with one attached hydrogen (secondary N) is 1. The predicted molar refractivity (Wildman–Crippen MR) is 104 cm³/mol. The zero-order chi connectivity index (χ0) is 18.0. The summed E-state index contributed by atoms with van der Waals surface area (Å²) in [7, 11) is 0. The smallest absolute Gasteiger partial charge is 0.228 e. The van der Waals surface area contributed by atoms with Crippen LogP contribution in [0.25, 0.3) is 0 Å². The van der Waals surface area contributed by atoms with Crippen LogP contribution >= 0.6 is 11.3 Å². The van der Waals surface area contributed by atoms with Gasteiger partial charge in [0, 0.05) is 25.2 Å². The maximum atomic E-state index is 13.2. The summed E-state index contributed by atoms with van der Waals surface area (Å²) in [5.74, 6) is 0.109. The van der Waals surface area contributed by atoms with E-state index >= 15 is 0 Å². The first-order chi connectivity index (χ1) is 12.7. The molecule has 4 rings (SSSR count). The molecule has 1 aromatic carbocycles. The van der Waals surface area contributed by atoms with Gasteiger partial charge in [0.15, 0.2) is 0 Å². The van der Waals surface area contributed by atoms with E-state index in [4.69, 9.17) is 5.11 Å². The summed E-state index contributed by atoms with van der Waals surface area (Å²) in [6.45, 7) is 1.25. The van der Waals surface area contributed by atoms with Gasteiger partial charge in [0.05, 0.1) is 12.0 Å². The molecule has 4 nitrogen and oxygen atoms in total. The molecule has 0 saturated carbocycles. The van der Waals surface area contributed by atoms with E-state index in [-0.39, 0.29) is 18.6 Å². The number of hydrogen-bond donors (Lipinski definition) is 2. The van der Waals surface area contributed by atoms with Crippen LogP contribution in [0.15, 0.2) is 47.2 Å². The largest absolute Gasteiger partial charge is 0.395 e. The van der Waals surface area contributed by atoms with Gasteiger partial charge in [-0.2, -0.15) is 11.3 Å². The number of amides is 1. The Kier molecular flexibility index (Phi) is 5.11. The summed E-state index contributed by atoms with van der Waals surface area (Å²) in [5.41, 5.74) is 2.17. The summed E-state index contributed by atoms with van der Waals surface area (Å²) in [5, 5.41) is 16.5. The Morgan fingerprint density at radius 3 is 2.81 bits per heavy atom. The molecule has 0 unspecified atom stereocenters. The zero-order valence-corrected chi connectivity index (χ0v) is 15.8. The van der Waals surface area contributed by atoms with Gasteiger partial charge in [-0.15, -0.1) is 0 Å². The highest BCUT2D eigenvalue weighted by Gasteiger charge is 2.59. The van der Waals surface area contributed by atoms with Crippen molar-refractivity contribution in [3.05, 3.63) is 58.3 Å². The third kappa shape index (κ3) is 3.20. The van der Waals surface area contributed by atoms with Gasteiger partial charge in [-0.05, 0) is 53.6 Å². The lowest BCUT2D eigenvalue weighted by Crippen LogP contribution is -2.51. The van der Waals surface area contributed by atoms with Crippen molar-refractivity contribution in [2.75, 3.05) is 13.2 Å². The first-order valence-electron chi connectivity index (χ1n) is 9.43. The average Bonchev–Trinajstić information content (AvgIpc) is 3.38. The Bertz CT molecular complexity index is 734. The third-order valence-electron chi connectivity index (χ3n) is 6.04. The van der Waals surface area contributed by atoms with Crippen molar-refractivity contribution in [1.82, 2.24) is 10.2 Å². The molecule has 1 aromatic heterocycles. The molecule has 2 aliphatic rings. The van der Waals surface area contributed by atoms with Crippen LogP contribution in [0.1, 0.15) is 30.4 Å². The van der Waals surface area contributed by atoms with Crippen LogP contribution in [0.2, 0.25) is 0 Å². The fraction of sp³-hybridized carbons (Fsp3) is 0.476. The van der Waals surface area contributed by atoms with Gasteiger partial charge in [0.1, 0.15) is 0 Å². The lowest BCUT2D eigenvalue weighted by atomic mass is 9.69. The van der Waals surface area contributed by atoms with E-state index in [1.807, 2.05) is 18.2 Å². The maximum absolute atomic E-state index is 13.2. The third-order valence-corrected chi connectivity index (χ3v) is 6.77. The number of nitrogens with zero attached hydrogens (tertiary/aromatic N) is 1. The van der Waals surface area contributed by atoms with Gasteiger partial charge in [0.2, 0.25) is 5.91 Å². The molecule has 2 fully saturated rings. The molecule has 2 N–H and O–H groups in total. The molecular weight excluding hydrogens is 344 g/mol. The summed E-state index contributed by atoms with van der Waals surface area (Å²) in [6, 6.07) is 13.3. The Hall–Kier alpha value is -1.69. The fourth-order valence-corrected chi connectivity index (χ4v) is 5.62. The van der Waals surface area contributed by atoms with Crippen LogP contribution in [-0.4, -0.2) is 41.1 Å². The average molecular weight is 371 g/mol. The van der Waals surface area contributed by atoms with Gasteiger partial charge in [0.25, 0.3) is 0 Å². The van der Waals surface area contributed by atoms with Crippen molar-refractivity contribution in [3.8, 4) is 0 Å². The van der Waals surface area contributed by atoms with Crippen LogP contribution in [0.4, 0.5) is 0 Å². The molecule has 138 valence electrons. The van der Waals surface area contributed by atoms with Crippen molar-refractivity contribution in [2.24, 2.45) is 5.41 Å². The monoisotopic (exact) mass is 370 g/mol. The molecule has 2 aromatic rings. The number of carbonyl (C=O) groups is 1. The number of carbonyl (C=O) groups excluding carboxylic acids is 1. The van der Waals surface area contributed by atoms with Crippen molar-refractivity contribution in [1.29, 1.82) is 0 Å². The number of fused-ring (bicyclic) bond motifs is 2. The molecule has 5 heteroatoms. The minimum Gasteiger partial charge on any atom is -0.395 e. The number of aliphatic hydroxyl groups excluding tert-OH is 1. The van der Waals surface area contributed by atoms with Crippen LogP contribution < -0.4 is 5.32 Å². The normalized spacial score (nSPS) is 27.7. The van der Waals surface area contributed by atoms with Crippen LogP contribution in [-0.2, 0) is 17.8 Å². The standard InChI is InChI=1S/C21H26N2O2S/c24-10-9-22-20(25)21(12-16-4-2-1-3-5-16)13-18-6-7-19(21)23(18)14-17-8-11-26-15-17/h1-5,8,11,15,18-19,24H,6-7,9-10,12-14H2,(H,22,25)/t18-,19+,21+/m0/s1. The predicted octanol–water partition coefficient (Wildman–Crippen LogP) is 2.82. The molecule has 0 radical (unpaired) electrons. The van der Waals surface area contributed by atoms with Gasteiger partial charge in [-0.25, -0.2) is 0 Å². The zero-order valence-electron chi connectivity index (χ0n) is 14.9. The van der Waals surface area contributed by atoms with Crippen LogP contribution in [0, 0.1) is 5.41 Å². The van der Waals surface area contributed by atoms with E-state index < -0.39 is 5.41 Å². The first kappa shape index (κ1) is 17.7. The van der Waals surface area contributed by atoms with E-state index in [1.54, 1.807) is 11.3 Å². The highest BCUT2D eigenvalue weighted by molar-refractivity contribution is 7.07. The van der Waals surface area contributed by atoms with E-state index in [0.29, 0.717) is 12.6 Å². The van der Waals surface area contributed by atoms with Crippen molar-refractivity contribution in [2.45, 2.75) is 44.3 Å². The molecule has 2 saturated heterocycles. The number of hydrogen-bond acceptors (Lipinski definition) is 4. The second kappa shape index (κ2) is 7.51. The molecule has 2 bridgehead atoms. The highest BCUT2D eigenvalue weighted by Crippen LogP contribution is 2.52. The summed E-state index contributed by atoms with van der Waals surface area (Å²) in [4.78, 5) is 15.8. The van der Waals surface area contributed by atoms with E-state index in [1.165, 1.54) is 17.5 Å². The lowest BCUT2D eigenvalue weighted by Gasteiger charge is -2.36. The molecule has 0 spiro atoms.